The van der Waals surface area contributed by atoms with E-state index in [0.29, 0.717) is 0 Å². The molecule has 7 nitrogen and oxygen atoms in total. The lowest BCUT2D eigenvalue weighted by Crippen LogP contribution is -2.50. The van der Waals surface area contributed by atoms with Crippen LogP contribution in [0.3, 0.4) is 0 Å². The van der Waals surface area contributed by atoms with Gasteiger partial charge in [-0.2, -0.15) is 4.31 Å². The van der Waals surface area contributed by atoms with Gasteiger partial charge in [0, 0.05) is 13.1 Å². The van der Waals surface area contributed by atoms with Gasteiger partial charge in [0.05, 0.1) is 11.5 Å². The molecule has 1 aromatic rings. The second-order valence-corrected chi connectivity index (χ2v) is 6.14. The van der Waals surface area contributed by atoms with Crippen molar-refractivity contribution in [1.29, 1.82) is 0 Å². The molecule has 1 aliphatic rings. The first-order chi connectivity index (χ1) is 9.45. The van der Waals surface area contributed by atoms with Crippen molar-refractivity contribution >= 4 is 15.9 Å². The average molecular weight is 303 g/mol. The molecule has 1 fully saturated rings. The summed E-state index contributed by atoms with van der Waals surface area (Å²) in [5, 5.41) is 11.4. The normalized spacial score (nSPS) is 21.9. The van der Waals surface area contributed by atoms with E-state index in [4.69, 9.17) is 15.7 Å². The maximum absolute atomic E-state index is 12.8. The highest BCUT2D eigenvalue weighted by Gasteiger charge is 2.32. The molecule has 0 saturated carbocycles. The van der Waals surface area contributed by atoms with Crippen LogP contribution in [0.4, 0.5) is 4.39 Å². The minimum absolute atomic E-state index is 0.0148. The molecule has 20 heavy (non-hydrogen) atoms. The van der Waals surface area contributed by atoms with Crippen LogP contribution in [0, 0.1) is 5.82 Å². The number of amidine groups is 1. The maximum atomic E-state index is 12.8. The molecular formula is C11H14FN3O4S. The summed E-state index contributed by atoms with van der Waals surface area (Å²) in [4.78, 5) is -0.0148. The minimum Gasteiger partial charge on any atom is -0.409 e. The Morgan fingerprint density at radius 2 is 2.10 bits per heavy atom. The van der Waals surface area contributed by atoms with E-state index in [-0.39, 0.29) is 30.4 Å². The lowest BCUT2D eigenvalue weighted by atomic mass is 10.3. The molecule has 1 atom stereocenters. The van der Waals surface area contributed by atoms with Crippen LogP contribution in [-0.2, 0) is 14.8 Å². The number of hydrogen-bond donors (Lipinski definition) is 2. The molecule has 2 rings (SSSR count). The second-order valence-electron chi connectivity index (χ2n) is 4.20. The first-order valence-corrected chi connectivity index (χ1v) is 7.24. The number of nitrogens with zero attached hydrogens (tertiary/aromatic N) is 2. The van der Waals surface area contributed by atoms with Crippen LogP contribution in [0.1, 0.15) is 0 Å². The van der Waals surface area contributed by atoms with Gasteiger partial charge in [-0.05, 0) is 24.3 Å². The number of morpholine rings is 1. The molecule has 110 valence electrons. The van der Waals surface area contributed by atoms with Crippen molar-refractivity contribution < 1.29 is 22.8 Å². The van der Waals surface area contributed by atoms with Gasteiger partial charge in [0.15, 0.2) is 5.84 Å². The van der Waals surface area contributed by atoms with Crippen LogP contribution in [0.15, 0.2) is 34.3 Å². The Kier molecular flexibility index (Phi) is 4.21. The number of hydrogen-bond acceptors (Lipinski definition) is 5. The predicted molar refractivity (Wildman–Crippen MR) is 68.3 cm³/mol. The third-order valence-electron chi connectivity index (χ3n) is 2.93. The van der Waals surface area contributed by atoms with E-state index < -0.39 is 21.9 Å². The van der Waals surface area contributed by atoms with Crippen molar-refractivity contribution in [3.63, 3.8) is 0 Å². The van der Waals surface area contributed by atoms with Crippen molar-refractivity contribution in [2.75, 3.05) is 19.7 Å². The number of sulfonamides is 1. The molecule has 1 unspecified atom stereocenters. The van der Waals surface area contributed by atoms with E-state index in [9.17, 15) is 12.8 Å². The number of oxime groups is 1. The third kappa shape index (κ3) is 2.89. The van der Waals surface area contributed by atoms with Crippen LogP contribution in [-0.4, -0.2) is 49.6 Å². The van der Waals surface area contributed by atoms with Crippen molar-refractivity contribution in [2.24, 2.45) is 10.9 Å². The Bertz CT molecular complexity index is 603. The molecule has 9 heteroatoms. The quantitative estimate of drug-likeness (QED) is 0.353. The first-order valence-electron chi connectivity index (χ1n) is 5.80. The predicted octanol–water partition coefficient (Wildman–Crippen LogP) is -0.0384. The molecule has 0 bridgehead atoms. The second kappa shape index (κ2) is 5.73. The summed E-state index contributed by atoms with van der Waals surface area (Å²) in [5.41, 5.74) is 5.42. The number of ether oxygens (including phenoxy) is 1. The molecule has 0 amide bonds. The Labute approximate surface area is 115 Å². The van der Waals surface area contributed by atoms with Crippen LogP contribution in [0.2, 0.25) is 0 Å². The highest BCUT2D eigenvalue weighted by molar-refractivity contribution is 7.89. The zero-order valence-electron chi connectivity index (χ0n) is 10.4. The zero-order chi connectivity index (χ0) is 14.8. The number of rotatable bonds is 3. The maximum Gasteiger partial charge on any atom is 0.243 e. The van der Waals surface area contributed by atoms with Crippen LogP contribution in [0.25, 0.3) is 0 Å². The lowest BCUT2D eigenvalue weighted by Gasteiger charge is -2.31. The standard InChI is InChI=1S/C11H14FN3O4S/c12-8-1-3-9(4-2-8)20(17,18)15-5-6-19-10(7-15)11(13)14-16/h1-4,10,16H,5-7H2,(H2,13,14). The fourth-order valence-corrected chi connectivity index (χ4v) is 3.27. The topological polar surface area (TPSA) is 105 Å². The Morgan fingerprint density at radius 3 is 2.70 bits per heavy atom. The monoisotopic (exact) mass is 303 g/mol. The number of nitrogens with two attached hydrogens (primary N) is 1. The average Bonchev–Trinajstić information content (AvgIpc) is 2.47. The van der Waals surface area contributed by atoms with Crippen LogP contribution >= 0.6 is 0 Å². The number of halogens is 1. The van der Waals surface area contributed by atoms with Gasteiger partial charge in [0.1, 0.15) is 11.9 Å². The molecule has 1 saturated heterocycles. The van der Waals surface area contributed by atoms with Crippen LogP contribution < -0.4 is 5.73 Å². The summed E-state index contributed by atoms with van der Waals surface area (Å²) < 4.78 is 44.0. The van der Waals surface area contributed by atoms with Crippen LogP contribution in [0.5, 0.6) is 0 Å². The van der Waals surface area contributed by atoms with Crippen molar-refractivity contribution in [3.8, 4) is 0 Å². The van der Waals surface area contributed by atoms with E-state index in [1.807, 2.05) is 0 Å². The van der Waals surface area contributed by atoms with Gasteiger partial charge in [-0.25, -0.2) is 12.8 Å². The Morgan fingerprint density at radius 1 is 1.45 bits per heavy atom. The van der Waals surface area contributed by atoms with E-state index >= 15 is 0 Å². The van der Waals surface area contributed by atoms with Gasteiger partial charge >= 0.3 is 0 Å². The smallest absolute Gasteiger partial charge is 0.243 e. The fourth-order valence-electron chi connectivity index (χ4n) is 1.84. The lowest BCUT2D eigenvalue weighted by molar-refractivity contribution is 0.0355. The molecule has 3 N–H and O–H groups in total. The molecule has 1 heterocycles. The zero-order valence-corrected chi connectivity index (χ0v) is 11.3. The fraction of sp³-hybridized carbons (Fsp3) is 0.364. The van der Waals surface area contributed by atoms with Gasteiger partial charge in [-0.3, -0.25) is 0 Å². The van der Waals surface area contributed by atoms with Crippen molar-refractivity contribution in [3.05, 3.63) is 30.1 Å². The Hall–Kier alpha value is -1.71. The molecule has 0 spiro atoms. The largest absolute Gasteiger partial charge is 0.409 e. The van der Waals surface area contributed by atoms with E-state index in [1.165, 1.54) is 12.1 Å². The van der Waals surface area contributed by atoms with E-state index in [0.717, 1.165) is 16.4 Å². The summed E-state index contributed by atoms with van der Waals surface area (Å²) in [5.74, 6) is -0.704. The summed E-state index contributed by atoms with van der Waals surface area (Å²) in [6.45, 7) is 0.214. The van der Waals surface area contributed by atoms with E-state index in [1.54, 1.807) is 0 Å². The van der Waals surface area contributed by atoms with Gasteiger partial charge in [-0.1, -0.05) is 5.16 Å². The van der Waals surface area contributed by atoms with Gasteiger partial charge in [0.25, 0.3) is 0 Å². The summed E-state index contributed by atoms with van der Waals surface area (Å²) in [6, 6.07) is 4.54. The van der Waals surface area contributed by atoms with Gasteiger partial charge in [-0.15, -0.1) is 0 Å². The van der Waals surface area contributed by atoms with Gasteiger partial charge in [0.2, 0.25) is 10.0 Å². The molecule has 0 aromatic heterocycles. The van der Waals surface area contributed by atoms with Crippen molar-refractivity contribution in [2.45, 2.75) is 11.0 Å². The minimum atomic E-state index is -3.76. The molecule has 1 aliphatic heterocycles. The van der Waals surface area contributed by atoms with Gasteiger partial charge < -0.3 is 15.7 Å². The molecule has 0 radical (unpaired) electrons. The molecular weight excluding hydrogens is 289 g/mol. The Balaban J connectivity index is 2.23. The SMILES string of the molecule is NC(=NO)C1CN(S(=O)(=O)c2ccc(F)cc2)CCO1. The summed E-state index contributed by atoms with van der Waals surface area (Å²) >= 11 is 0. The molecule has 1 aromatic carbocycles. The highest BCUT2D eigenvalue weighted by atomic mass is 32.2. The first kappa shape index (κ1) is 14.7. The molecule has 0 aliphatic carbocycles. The van der Waals surface area contributed by atoms with E-state index in [2.05, 4.69) is 5.16 Å². The third-order valence-corrected chi connectivity index (χ3v) is 4.81. The van der Waals surface area contributed by atoms with Crippen molar-refractivity contribution in [1.82, 2.24) is 4.31 Å². The summed E-state index contributed by atoms with van der Waals surface area (Å²) in [7, 11) is -3.76. The summed E-state index contributed by atoms with van der Waals surface area (Å²) in [6.07, 6.45) is -0.802. The highest BCUT2D eigenvalue weighted by Crippen LogP contribution is 2.19. The number of benzene rings is 1.